The normalized spacial score (nSPS) is 10.0. The van der Waals surface area contributed by atoms with Crippen LogP contribution in [0.1, 0.15) is 22.8 Å². The van der Waals surface area contributed by atoms with Crippen molar-refractivity contribution in [2.75, 3.05) is 6.61 Å². The maximum Gasteiger partial charge on any atom is 0.379 e. The number of para-hydroxylation sites is 1. The van der Waals surface area contributed by atoms with E-state index in [9.17, 15) is 14.7 Å². The predicted octanol–water partition coefficient (Wildman–Crippen LogP) is 2.72. The van der Waals surface area contributed by atoms with Crippen molar-refractivity contribution in [3.63, 3.8) is 0 Å². The number of hydrogen-bond donors (Lipinski definition) is 1. The van der Waals surface area contributed by atoms with Gasteiger partial charge in [0, 0.05) is 0 Å². The topological polar surface area (TPSA) is 72.8 Å². The Morgan fingerprint density at radius 3 is 2.45 bits per heavy atom. The van der Waals surface area contributed by atoms with E-state index in [2.05, 4.69) is 4.74 Å². The van der Waals surface area contributed by atoms with E-state index in [4.69, 9.17) is 4.74 Å². The summed E-state index contributed by atoms with van der Waals surface area (Å²) in [5.74, 6) is -2.13. The number of Topliss-reactive ketones (excluding diaryl/α,β-unsaturated/α-hetero) is 1. The van der Waals surface area contributed by atoms with Crippen LogP contribution < -0.4 is 4.74 Å². The van der Waals surface area contributed by atoms with Crippen LogP contribution in [-0.4, -0.2) is 23.5 Å². The van der Waals surface area contributed by atoms with Gasteiger partial charge in [0.25, 0.3) is 5.78 Å². The third kappa shape index (κ3) is 3.63. The van der Waals surface area contributed by atoms with Gasteiger partial charge in [0.15, 0.2) is 11.5 Å². The fourth-order valence-electron chi connectivity index (χ4n) is 1.86. The third-order valence-corrected chi connectivity index (χ3v) is 2.94. The first-order valence-electron chi connectivity index (χ1n) is 6.83. The molecule has 0 heterocycles. The van der Waals surface area contributed by atoms with Gasteiger partial charge in [-0.15, -0.1) is 0 Å². The van der Waals surface area contributed by atoms with Crippen LogP contribution >= 0.6 is 0 Å². The summed E-state index contributed by atoms with van der Waals surface area (Å²) in [5, 5.41) is 10.1. The lowest BCUT2D eigenvalue weighted by atomic mass is 10.1. The fraction of sp³-hybridized carbons (Fsp3) is 0.176. The molecule has 22 heavy (non-hydrogen) atoms. The Labute approximate surface area is 128 Å². The van der Waals surface area contributed by atoms with Gasteiger partial charge < -0.3 is 14.6 Å². The molecular formula is C17H16O5. The van der Waals surface area contributed by atoms with Gasteiger partial charge in [0.05, 0.1) is 12.2 Å². The Morgan fingerprint density at radius 2 is 1.77 bits per heavy atom. The molecule has 0 aliphatic carbocycles. The lowest BCUT2D eigenvalue weighted by Gasteiger charge is -2.10. The van der Waals surface area contributed by atoms with Crippen LogP contribution in [0.3, 0.4) is 0 Å². The molecule has 0 spiro atoms. The van der Waals surface area contributed by atoms with Gasteiger partial charge in [0.1, 0.15) is 6.61 Å². The molecule has 0 unspecified atom stereocenters. The first-order chi connectivity index (χ1) is 10.6. The monoisotopic (exact) mass is 300 g/mol. The van der Waals surface area contributed by atoms with Crippen molar-refractivity contribution in [3.05, 3.63) is 59.7 Å². The van der Waals surface area contributed by atoms with Crippen molar-refractivity contribution in [1.29, 1.82) is 0 Å². The number of aromatic hydroxyl groups is 1. The summed E-state index contributed by atoms with van der Waals surface area (Å²) >= 11 is 0. The molecule has 1 N–H and O–H groups in total. The standard InChI is InChI=1S/C17H16O5/c1-2-21-17(20)16(19)13-9-6-10-14(15(13)18)22-11-12-7-4-3-5-8-12/h3-10,18H,2,11H2,1H3. The molecule has 0 saturated carbocycles. The first-order valence-corrected chi connectivity index (χ1v) is 6.83. The number of carbonyl (C=O) groups is 2. The van der Waals surface area contributed by atoms with Crippen molar-refractivity contribution in [2.24, 2.45) is 0 Å². The highest BCUT2D eigenvalue weighted by atomic mass is 16.5. The van der Waals surface area contributed by atoms with Crippen molar-refractivity contribution in [3.8, 4) is 11.5 Å². The molecule has 0 bridgehead atoms. The zero-order valence-electron chi connectivity index (χ0n) is 12.1. The van der Waals surface area contributed by atoms with E-state index in [-0.39, 0.29) is 30.3 Å². The molecule has 2 aromatic carbocycles. The third-order valence-electron chi connectivity index (χ3n) is 2.94. The molecular weight excluding hydrogens is 284 g/mol. The number of esters is 1. The van der Waals surface area contributed by atoms with Crippen LogP contribution in [0.4, 0.5) is 0 Å². The van der Waals surface area contributed by atoms with Gasteiger partial charge >= 0.3 is 5.97 Å². The van der Waals surface area contributed by atoms with Gasteiger partial charge in [-0.3, -0.25) is 4.79 Å². The summed E-state index contributed by atoms with van der Waals surface area (Å²) in [6.45, 7) is 1.94. The van der Waals surface area contributed by atoms with E-state index in [1.807, 2.05) is 30.3 Å². The molecule has 0 aromatic heterocycles. The highest BCUT2D eigenvalue weighted by Gasteiger charge is 2.22. The largest absolute Gasteiger partial charge is 0.504 e. The number of ether oxygens (including phenoxy) is 2. The van der Waals surface area contributed by atoms with E-state index >= 15 is 0 Å². The first kappa shape index (κ1) is 15.6. The zero-order chi connectivity index (χ0) is 15.9. The Balaban J connectivity index is 2.15. The lowest BCUT2D eigenvalue weighted by Crippen LogP contribution is -2.17. The summed E-state index contributed by atoms with van der Waals surface area (Å²) in [5.41, 5.74) is 0.785. The summed E-state index contributed by atoms with van der Waals surface area (Å²) in [7, 11) is 0. The Hall–Kier alpha value is -2.82. The molecule has 114 valence electrons. The van der Waals surface area contributed by atoms with Crippen molar-refractivity contribution in [2.45, 2.75) is 13.5 Å². The minimum absolute atomic E-state index is 0.0928. The smallest absolute Gasteiger partial charge is 0.379 e. The van der Waals surface area contributed by atoms with Gasteiger partial charge in [0.2, 0.25) is 0 Å². The second-order valence-electron chi connectivity index (χ2n) is 4.48. The number of rotatable bonds is 6. The molecule has 0 atom stereocenters. The SMILES string of the molecule is CCOC(=O)C(=O)c1cccc(OCc2ccccc2)c1O. The van der Waals surface area contributed by atoms with Crippen molar-refractivity contribution < 1.29 is 24.2 Å². The van der Waals surface area contributed by atoms with Crippen LogP contribution in [0, 0.1) is 0 Å². The zero-order valence-corrected chi connectivity index (χ0v) is 12.1. The molecule has 2 rings (SSSR count). The maximum atomic E-state index is 11.9. The summed E-state index contributed by atoms with van der Waals surface area (Å²) in [6, 6.07) is 13.8. The van der Waals surface area contributed by atoms with Gasteiger partial charge in [-0.1, -0.05) is 36.4 Å². The number of hydrogen-bond acceptors (Lipinski definition) is 5. The molecule has 0 fully saturated rings. The van der Waals surface area contributed by atoms with Crippen molar-refractivity contribution >= 4 is 11.8 Å². The highest BCUT2D eigenvalue weighted by molar-refractivity contribution is 6.41. The van der Waals surface area contributed by atoms with E-state index in [0.717, 1.165) is 5.56 Å². The Morgan fingerprint density at radius 1 is 1.05 bits per heavy atom. The van der Waals surface area contributed by atoms with Gasteiger partial charge in [-0.25, -0.2) is 4.79 Å². The number of phenolic OH excluding ortho intramolecular Hbond substituents is 1. The second kappa shape index (κ2) is 7.26. The number of carbonyl (C=O) groups excluding carboxylic acids is 2. The Bertz CT molecular complexity index is 664. The average Bonchev–Trinajstić information content (AvgIpc) is 2.54. The van der Waals surface area contributed by atoms with Crippen molar-refractivity contribution in [1.82, 2.24) is 0 Å². The van der Waals surface area contributed by atoms with Crippen LogP contribution in [0.15, 0.2) is 48.5 Å². The lowest BCUT2D eigenvalue weighted by molar-refractivity contribution is -0.137. The molecule has 0 radical (unpaired) electrons. The molecule has 0 amide bonds. The number of phenols is 1. The van der Waals surface area contributed by atoms with E-state index < -0.39 is 11.8 Å². The molecule has 5 nitrogen and oxygen atoms in total. The predicted molar refractivity (Wildman–Crippen MR) is 79.8 cm³/mol. The number of ketones is 1. The van der Waals surface area contributed by atoms with Crippen LogP contribution in [0.25, 0.3) is 0 Å². The minimum Gasteiger partial charge on any atom is -0.504 e. The molecule has 0 saturated heterocycles. The van der Waals surface area contributed by atoms with Crippen LogP contribution in [0.2, 0.25) is 0 Å². The molecule has 2 aromatic rings. The van der Waals surface area contributed by atoms with Gasteiger partial charge in [-0.2, -0.15) is 0 Å². The van der Waals surface area contributed by atoms with Crippen LogP contribution in [0.5, 0.6) is 11.5 Å². The van der Waals surface area contributed by atoms with E-state index in [1.54, 1.807) is 6.92 Å². The average molecular weight is 300 g/mol. The summed E-state index contributed by atoms with van der Waals surface area (Å²) in [6.07, 6.45) is 0. The van der Waals surface area contributed by atoms with Gasteiger partial charge in [-0.05, 0) is 24.6 Å². The van der Waals surface area contributed by atoms with Crippen LogP contribution in [-0.2, 0) is 16.1 Å². The van der Waals surface area contributed by atoms with E-state index in [1.165, 1.54) is 18.2 Å². The second-order valence-corrected chi connectivity index (χ2v) is 4.48. The Kier molecular flexibility index (Phi) is 5.14. The quantitative estimate of drug-likeness (QED) is 0.504. The highest BCUT2D eigenvalue weighted by Crippen LogP contribution is 2.30. The molecule has 0 aliphatic heterocycles. The summed E-state index contributed by atoms with van der Waals surface area (Å²) < 4.78 is 10.1. The fourth-order valence-corrected chi connectivity index (χ4v) is 1.86. The molecule has 0 aliphatic rings. The maximum absolute atomic E-state index is 11.9. The van der Waals surface area contributed by atoms with E-state index in [0.29, 0.717) is 0 Å². The molecule has 5 heteroatoms. The summed E-state index contributed by atoms with van der Waals surface area (Å²) in [4.78, 5) is 23.4. The minimum atomic E-state index is -1.00. The number of benzene rings is 2.